The summed E-state index contributed by atoms with van der Waals surface area (Å²) in [4.78, 5) is 39.0. The lowest BCUT2D eigenvalue weighted by Gasteiger charge is -2.32. The summed E-state index contributed by atoms with van der Waals surface area (Å²) in [6.45, 7) is 14.2. The Labute approximate surface area is 220 Å². The molecule has 1 atom stereocenters. The van der Waals surface area contributed by atoms with Gasteiger partial charge < -0.3 is 24.8 Å². The molecule has 1 aliphatic rings. The quantitative estimate of drug-likeness (QED) is 0.195. The van der Waals surface area contributed by atoms with Gasteiger partial charge in [0.15, 0.2) is 0 Å². The molecule has 2 N–H and O–H groups in total. The molecule has 2 rings (SSSR count). The highest BCUT2D eigenvalue weighted by Gasteiger charge is 2.39. The zero-order valence-electron chi connectivity index (χ0n) is 23.0. The van der Waals surface area contributed by atoms with Gasteiger partial charge in [-0.1, -0.05) is 31.2 Å². The molecule has 0 fully saturated rings. The van der Waals surface area contributed by atoms with Crippen molar-refractivity contribution < 1.29 is 28.6 Å². The second-order valence-electron chi connectivity index (χ2n) is 9.60. The summed E-state index contributed by atoms with van der Waals surface area (Å²) in [5, 5.41) is 6.58. The molecule has 0 spiro atoms. The van der Waals surface area contributed by atoms with Crippen LogP contribution in [-0.2, 0) is 28.6 Å². The maximum atomic E-state index is 13.4. The summed E-state index contributed by atoms with van der Waals surface area (Å²) in [6, 6.07) is 7.33. The minimum atomic E-state index is -0.766. The maximum absolute atomic E-state index is 13.4. The van der Waals surface area contributed by atoms with Crippen molar-refractivity contribution in [1.82, 2.24) is 10.6 Å². The van der Waals surface area contributed by atoms with Crippen LogP contribution in [0.4, 0.5) is 0 Å². The summed E-state index contributed by atoms with van der Waals surface area (Å²) >= 11 is 0. The number of allylic oxidation sites excluding steroid dienone is 1. The molecule has 8 heteroatoms. The largest absolute Gasteiger partial charge is 0.463 e. The van der Waals surface area contributed by atoms with Crippen LogP contribution < -0.4 is 10.6 Å². The van der Waals surface area contributed by atoms with Crippen LogP contribution in [0.2, 0.25) is 0 Å². The van der Waals surface area contributed by atoms with Crippen LogP contribution >= 0.6 is 0 Å². The van der Waals surface area contributed by atoms with Crippen molar-refractivity contribution in [2.75, 3.05) is 26.3 Å². The van der Waals surface area contributed by atoms with E-state index in [1.165, 1.54) is 6.08 Å². The van der Waals surface area contributed by atoms with Crippen molar-refractivity contribution in [2.24, 2.45) is 0 Å². The zero-order valence-corrected chi connectivity index (χ0v) is 23.0. The molecular weight excluding hydrogens is 472 g/mol. The molecule has 0 amide bonds. The van der Waals surface area contributed by atoms with Crippen LogP contribution in [0.5, 0.6) is 0 Å². The average molecular weight is 513 g/mol. The highest BCUT2D eigenvalue weighted by atomic mass is 16.6. The molecule has 0 saturated carbocycles. The first-order valence-corrected chi connectivity index (χ1v) is 12.8. The van der Waals surface area contributed by atoms with Gasteiger partial charge in [-0.05, 0) is 71.7 Å². The van der Waals surface area contributed by atoms with E-state index in [1.54, 1.807) is 47.6 Å². The smallest absolute Gasteiger partial charge is 0.336 e. The zero-order chi connectivity index (χ0) is 27.6. The molecule has 0 bridgehead atoms. The average Bonchev–Trinajstić information content (AvgIpc) is 2.81. The van der Waals surface area contributed by atoms with E-state index in [-0.39, 0.29) is 13.2 Å². The lowest BCUT2D eigenvalue weighted by Crippen LogP contribution is -2.37. The SMILES string of the molecule is CCCNCC1=C(C(=O)OCC)C(c2ccccc2/C=C/C(=O)OC(C)(C)C)C(C(=O)OCC)=C(C)N1. The molecule has 1 aromatic rings. The van der Waals surface area contributed by atoms with Crippen molar-refractivity contribution in [3.05, 3.63) is 64.0 Å². The number of hydrogen-bond acceptors (Lipinski definition) is 8. The van der Waals surface area contributed by atoms with Gasteiger partial charge in [-0.15, -0.1) is 0 Å². The van der Waals surface area contributed by atoms with Gasteiger partial charge in [0.2, 0.25) is 0 Å². The number of nitrogens with one attached hydrogen (secondary N) is 2. The molecule has 202 valence electrons. The maximum Gasteiger partial charge on any atom is 0.336 e. The van der Waals surface area contributed by atoms with Crippen molar-refractivity contribution in [3.63, 3.8) is 0 Å². The van der Waals surface area contributed by atoms with Gasteiger partial charge >= 0.3 is 17.9 Å². The van der Waals surface area contributed by atoms with Gasteiger partial charge in [-0.2, -0.15) is 0 Å². The molecule has 0 saturated heterocycles. The Hall–Kier alpha value is -3.39. The number of carbonyl (C=O) groups excluding carboxylic acids is 3. The topological polar surface area (TPSA) is 103 Å². The second-order valence-corrected chi connectivity index (χ2v) is 9.60. The van der Waals surface area contributed by atoms with E-state index in [0.29, 0.717) is 40.2 Å². The summed E-state index contributed by atoms with van der Waals surface area (Å²) < 4.78 is 16.3. The summed E-state index contributed by atoms with van der Waals surface area (Å²) in [6.07, 6.45) is 3.91. The fraction of sp³-hybridized carbons (Fsp3) is 0.483. The lowest BCUT2D eigenvalue weighted by molar-refractivity contribution is -0.148. The number of ether oxygens (including phenoxy) is 3. The number of benzene rings is 1. The van der Waals surface area contributed by atoms with Gasteiger partial charge in [-0.3, -0.25) is 0 Å². The van der Waals surface area contributed by atoms with E-state index >= 15 is 0 Å². The van der Waals surface area contributed by atoms with E-state index < -0.39 is 29.4 Å². The van der Waals surface area contributed by atoms with Crippen LogP contribution in [0.1, 0.15) is 71.9 Å². The van der Waals surface area contributed by atoms with Gasteiger partial charge in [0, 0.05) is 24.0 Å². The van der Waals surface area contributed by atoms with Gasteiger partial charge in [0.1, 0.15) is 5.60 Å². The van der Waals surface area contributed by atoms with E-state index in [0.717, 1.165) is 13.0 Å². The molecule has 0 aromatic heterocycles. The Kier molecular flexibility index (Phi) is 11.1. The first kappa shape index (κ1) is 29.8. The van der Waals surface area contributed by atoms with E-state index in [9.17, 15) is 14.4 Å². The molecule has 0 radical (unpaired) electrons. The van der Waals surface area contributed by atoms with Crippen LogP contribution in [-0.4, -0.2) is 49.8 Å². The van der Waals surface area contributed by atoms with Crippen molar-refractivity contribution in [2.45, 2.75) is 66.4 Å². The number of hydrogen-bond donors (Lipinski definition) is 2. The normalized spacial score (nSPS) is 16.0. The third kappa shape index (κ3) is 8.32. The molecular formula is C29H40N2O6. The first-order valence-electron chi connectivity index (χ1n) is 12.8. The van der Waals surface area contributed by atoms with Gasteiger partial charge in [-0.25, -0.2) is 14.4 Å². The Morgan fingerprint density at radius 2 is 1.62 bits per heavy atom. The molecule has 1 heterocycles. The van der Waals surface area contributed by atoms with Crippen molar-refractivity contribution in [3.8, 4) is 0 Å². The van der Waals surface area contributed by atoms with Crippen molar-refractivity contribution >= 4 is 24.0 Å². The summed E-state index contributed by atoms with van der Waals surface area (Å²) in [5.41, 5.74) is 2.58. The Morgan fingerprint density at radius 1 is 1.00 bits per heavy atom. The monoisotopic (exact) mass is 512 g/mol. The lowest BCUT2D eigenvalue weighted by atomic mass is 9.78. The molecule has 1 aromatic carbocycles. The number of carbonyl (C=O) groups is 3. The highest BCUT2D eigenvalue weighted by Crippen LogP contribution is 2.41. The number of rotatable bonds is 11. The highest BCUT2D eigenvalue weighted by molar-refractivity contribution is 6.00. The summed E-state index contributed by atoms with van der Waals surface area (Å²) in [7, 11) is 0. The fourth-order valence-electron chi connectivity index (χ4n) is 4.09. The first-order chi connectivity index (χ1) is 17.5. The predicted molar refractivity (Wildman–Crippen MR) is 143 cm³/mol. The minimum absolute atomic E-state index is 0.183. The third-order valence-electron chi connectivity index (χ3n) is 5.48. The summed E-state index contributed by atoms with van der Waals surface area (Å²) in [5.74, 6) is -2.30. The third-order valence-corrected chi connectivity index (χ3v) is 5.48. The van der Waals surface area contributed by atoms with Gasteiger partial charge in [0.05, 0.1) is 30.3 Å². The van der Waals surface area contributed by atoms with Crippen molar-refractivity contribution in [1.29, 1.82) is 0 Å². The Morgan fingerprint density at radius 3 is 2.22 bits per heavy atom. The van der Waals surface area contributed by atoms with Crippen LogP contribution in [0, 0.1) is 0 Å². The molecule has 1 unspecified atom stereocenters. The minimum Gasteiger partial charge on any atom is -0.463 e. The number of dihydropyridines is 1. The van der Waals surface area contributed by atoms with E-state index in [4.69, 9.17) is 14.2 Å². The molecule has 0 aliphatic carbocycles. The van der Waals surface area contributed by atoms with E-state index in [2.05, 4.69) is 17.6 Å². The Balaban J connectivity index is 2.72. The second kappa shape index (κ2) is 13.8. The Bertz CT molecular complexity index is 1080. The standard InChI is InChI=1S/C29H40N2O6/c1-8-17-30-18-22-26(28(34)36-10-3)25(24(19(4)31-22)27(33)35-9-2)21-14-12-11-13-20(21)15-16-23(32)37-29(5,6)7/h11-16,25,30-31H,8-10,17-18H2,1-7H3/b16-15+. The van der Waals surface area contributed by atoms with Crippen LogP contribution in [0.15, 0.2) is 52.9 Å². The fourth-order valence-corrected chi connectivity index (χ4v) is 4.09. The molecule has 1 aliphatic heterocycles. The molecule has 37 heavy (non-hydrogen) atoms. The molecule has 8 nitrogen and oxygen atoms in total. The van der Waals surface area contributed by atoms with Crippen LogP contribution in [0.25, 0.3) is 6.08 Å². The van der Waals surface area contributed by atoms with E-state index in [1.807, 2.05) is 24.3 Å². The van der Waals surface area contributed by atoms with Gasteiger partial charge in [0.25, 0.3) is 0 Å². The predicted octanol–water partition coefficient (Wildman–Crippen LogP) is 4.38. The number of esters is 3. The van der Waals surface area contributed by atoms with Crippen LogP contribution in [0.3, 0.4) is 0 Å².